The molecule has 1 amide bonds. The van der Waals surface area contributed by atoms with Crippen LogP contribution in [0, 0.1) is 0 Å². The lowest BCUT2D eigenvalue weighted by atomic mass is 10.3. The number of hydrogen-bond donors (Lipinski definition) is 1. The van der Waals surface area contributed by atoms with Crippen molar-refractivity contribution in [1.29, 1.82) is 0 Å². The predicted molar refractivity (Wildman–Crippen MR) is 114 cm³/mol. The van der Waals surface area contributed by atoms with E-state index in [1.165, 1.54) is 18.0 Å². The summed E-state index contributed by atoms with van der Waals surface area (Å²) in [6.45, 7) is 2.34. The minimum Gasteiger partial charge on any atom is -0.495 e. The molecule has 3 aromatic rings. The number of aromatic nitrogens is 2. The summed E-state index contributed by atoms with van der Waals surface area (Å²) in [5, 5.41) is 7.05. The number of nitrogens with zero attached hydrogens (tertiary/aromatic N) is 3. The van der Waals surface area contributed by atoms with E-state index in [2.05, 4.69) is 10.4 Å². The molecule has 0 unspecified atom stereocenters. The van der Waals surface area contributed by atoms with Gasteiger partial charge < -0.3 is 15.0 Å². The Labute approximate surface area is 173 Å². The molecule has 0 fully saturated rings. The Kier molecular flexibility index (Phi) is 6.51. The predicted octanol–water partition coefficient (Wildman–Crippen LogP) is 3.36. The number of hydrogen-bond acceptors (Lipinski definition) is 5. The average molecular weight is 413 g/mol. The molecular formula is C21H21ClN4O3. The third-order valence-corrected chi connectivity index (χ3v) is 4.69. The third-order valence-electron chi connectivity index (χ3n) is 4.34. The van der Waals surface area contributed by atoms with E-state index in [9.17, 15) is 9.59 Å². The fraction of sp³-hybridized carbons (Fsp3) is 0.190. The molecule has 7 nitrogen and oxygen atoms in total. The van der Waals surface area contributed by atoms with Crippen molar-refractivity contribution in [2.24, 2.45) is 0 Å². The van der Waals surface area contributed by atoms with Gasteiger partial charge in [-0.3, -0.25) is 9.59 Å². The van der Waals surface area contributed by atoms with E-state index in [0.29, 0.717) is 29.4 Å². The van der Waals surface area contributed by atoms with Crippen LogP contribution in [0.5, 0.6) is 5.75 Å². The maximum atomic E-state index is 12.7. The van der Waals surface area contributed by atoms with Gasteiger partial charge in [0.15, 0.2) is 0 Å². The van der Waals surface area contributed by atoms with Crippen LogP contribution < -0.4 is 20.5 Å². The Balaban J connectivity index is 1.82. The average Bonchev–Trinajstić information content (AvgIpc) is 2.75. The number of nitrogens with one attached hydrogen (secondary N) is 1. The number of halogens is 1. The first-order valence-corrected chi connectivity index (χ1v) is 9.44. The normalized spacial score (nSPS) is 10.4. The van der Waals surface area contributed by atoms with Gasteiger partial charge in [-0.25, -0.2) is 0 Å². The van der Waals surface area contributed by atoms with Gasteiger partial charge in [-0.15, -0.1) is 0 Å². The summed E-state index contributed by atoms with van der Waals surface area (Å²) in [5.74, 6) is 0.300. The maximum Gasteiger partial charge on any atom is 0.292 e. The lowest BCUT2D eigenvalue weighted by molar-refractivity contribution is -0.115. The van der Waals surface area contributed by atoms with Crippen LogP contribution in [0.3, 0.4) is 0 Å². The van der Waals surface area contributed by atoms with Crippen LogP contribution in [0.2, 0.25) is 5.02 Å². The fourth-order valence-corrected chi connectivity index (χ4v) is 3.12. The Morgan fingerprint density at radius 1 is 1.17 bits per heavy atom. The highest BCUT2D eigenvalue weighted by atomic mass is 35.5. The highest BCUT2D eigenvalue weighted by molar-refractivity contribution is 6.33. The summed E-state index contributed by atoms with van der Waals surface area (Å²) in [6, 6.07) is 16.1. The number of amides is 1. The summed E-state index contributed by atoms with van der Waals surface area (Å²) in [4.78, 5) is 26.9. The molecule has 0 atom stereocenters. The van der Waals surface area contributed by atoms with Crippen molar-refractivity contribution in [3.05, 3.63) is 76.2 Å². The zero-order chi connectivity index (χ0) is 20.8. The second-order valence-electron chi connectivity index (χ2n) is 6.16. The maximum absolute atomic E-state index is 12.7. The minimum atomic E-state index is -0.445. The third kappa shape index (κ3) is 4.57. The van der Waals surface area contributed by atoms with Crippen LogP contribution in [0.15, 0.2) is 65.6 Å². The number of carbonyl (C=O) groups is 1. The first-order chi connectivity index (χ1) is 14.0. The molecule has 0 saturated carbocycles. The van der Waals surface area contributed by atoms with Crippen molar-refractivity contribution in [3.8, 4) is 11.4 Å². The molecule has 1 aromatic heterocycles. The second-order valence-corrected chi connectivity index (χ2v) is 6.54. The standard InChI is InChI=1S/C21H21ClN4O3/c1-3-25(14-19(27)24-16-11-7-8-12-18(16)29-2)17-13-23-26(21(28)20(17)22)15-9-5-4-6-10-15/h4-13H,3,14H2,1-2H3,(H,24,27). The lowest BCUT2D eigenvalue weighted by Crippen LogP contribution is -2.35. The summed E-state index contributed by atoms with van der Waals surface area (Å²) in [6.07, 6.45) is 1.50. The van der Waals surface area contributed by atoms with Crippen LogP contribution >= 0.6 is 11.6 Å². The van der Waals surface area contributed by atoms with Gasteiger partial charge in [0.1, 0.15) is 10.8 Å². The molecule has 3 rings (SSSR count). The van der Waals surface area contributed by atoms with Crippen molar-refractivity contribution in [3.63, 3.8) is 0 Å². The molecule has 0 aliphatic heterocycles. The van der Waals surface area contributed by atoms with E-state index in [1.54, 1.807) is 35.2 Å². The van der Waals surface area contributed by atoms with Gasteiger partial charge in [-0.1, -0.05) is 41.9 Å². The molecule has 1 heterocycles. The summed E-state index contributed by atoms with van der Waals surface area (Å²) in [5.41, 5.74) is 1.14. The van der Waals surface area contributed by atoms with Crippen LogP contribution in [0.25, 0.3) is 5.69 Å². The quantitative estimate of drug-likeness (QED) is 0.644. The molecule has 150 valence electrons. The van der Waals surface area contributed by atoms with E-state index in [1.807, 2.05) is 31.2 Å². The van der Waals surface area contributed by atoms with E-state index >= 15 is 0 Å². The van der Waals surface area contributed by atoms with Gasteiger partial charge in [0.25, 0.3) is 5.56 Å². The van der Waals surface area contributed by atoms with Crippen LogP contribution in [0.4, 0.5) is 11.4 Å². The molecular weight excluding hydrogens is 392 g/mol. The summed E-state index contributed by atoms with van der Waals surface area (Å²) in [7, 11) is 1.54. The van der Waals surface area contributed by atoms with Crippen LogP contribution in [0.1, 0.15) is 6.92 Å². The van der Waals surface area contributed by atoms with Gasteiger partial charge >= 0.3 is 0 Å². The first kappa shape index (κ1) is 20.4. The van der Waals surface area contributed by atoms with Gasteiger partial charge in [0, 0.05) is 6.54 Å². The van der Waals surface area contributed by atoms with Crippen molar-refractivity contribution in [2.75, 3.05) is 30.4 Å². The largest absolute Gasteiger partial charge is 0.495 e. The summed E-state index contributed by atoms with van der Waals surface area (Å²) < 4.78 is 6.48. The Bertz CT molecular complexity index is 1050. The molecule has 2 aromatic carbocycles. The van der Waals surface area contributed by atoms with Crippen molar-refractivity contribution in [1.82, 2.24) is 9.78 Å². The van der Waals surface area contributed by atoms with Crippen LogP contribution in [-0.4, -0.2) is 35.9 Å². The monoisotopic (exact) mass is 412 g/mol. The van der Waals surface area contributed by atoms with Crippen molar-refractivity contribution >= 4 is 28.9 Å². The Morgan fingerprint density at radius 2 is 1.86 bits per heavy atom. The minimum absolute atomic E-state index is 0.00470. The number of carbonyl (C=O) groups excluding carboxylic acids is 1. The first-order valence-electron chi connectivity index (χ1n) is 9.06. The molecule has 1 N–H and O–H groups in total. The number of ether oxygens (including phenoxy) is 1. The smallest absolute Gasteiger partial charge is 0.292 e. The van der Waals surface area contributed by atoms with E-state index in [0.717, 1.165) is 0 Å². The molecule has 0 saturated heterocycles. The number of para-hydroxylation sites is 3. The number of benzene rings is 2. The Morgan fingerprint density at radius 3 is 2.55 bits per heavy atom. The molecule has 0 bridgehead atoms. The van der Waals surface area contributed by atoms with Gasteiger partial charge in [0.2, 0.25) is 5.91 Å². The molecule has 0 spiro atoms. The number of methoxy groups -OCH3 is 1. The molecule has 0 radical (unpaired) electrons. The SMILES string of the molecule is CCN(CC(=O)Nc1ccccc1OC)c1cnn(-c2ccccc2)c(=O)c1Cl. The van der Waals surface area contributed by atoms with Crippen molar-refractivity contribution in [2.45, 2.75) is 6.92 Å². The molecule has 8 heteroatoms. The molecule has 0 aliphatic carbocycles. The van der Waals surface area contributed by atoms with E-state index in [4.69, 9.17) is 16.3 Å². The highest BCUT2D eigenvalue weighted by Crippen LogP contribution is 2.24. The second kappa shape index (κ2) is 9.25. The van der Waals surface area contributed by atoms with Crippen molar-refractivity contribution < 1.29 is 9.53 Å². The zero-order valence-electron chi connectivity index (χ0n) is 16.1. The number of rotatable bonds is 7. The topological polar surface area (TPSA) is 76.5 Å². The highest BCUT2D eigenvalue weighted by Gasteiger charge is 2.18. The van der Waals surface area contributed by atoms with Gasteiger partial charge in [0.05, 0.1) is 36.9 Å². The molecule has 0 aliphatic rings. The van der Waals surface area contributed by atoms with E-state index in [-0.39, 0.29) is 17.5 Å². The summed E-state index contributed by atoms with van der Waals surface area (Å²) >= 11 is 6.35. The molecule has 29 heavy (non-hydrogen) atoms. The van der Waals surface area contributed by atoms with Gasteiger partial charge in [-0.05, 0) is 31.2 Å². The zero-order valence-corrected chi connectivity index (χ0v) is 16.9. The van der Waals surface area contributed by atoms with Gasteiger partial charge in [-0.2, -0.15) is 9.78 Å². The lowest BCUT2D eigenvalue weighted by Gasteiger charge is -2.23. The van der Waals surface area contributed by atoms with Crippen LogP contribution in [-0.2, 0) is 4.79 Å². The Hall–Kier alpha value is -3.32. The fourth-order valence-electron chi connectivity index (χ4n) is 2.88. The van der Waals surface area contributed by atoms with E-state index < -0.39 is 5.56 Å². The number of anilines is 2. The number of likely N-dealkylation sites (N-methyl/N-ethyl adjacent to an activating group) is 1.